The Labute approximate surface area is 65.2 Å². The molecule has 0 saturated carbocycles. The second-order valence-corrected chi connectivity index (χ2v) is 2.95. The molecule has 0 aromatic carbocycles. The Morgan fingerprint density at radius 2 is 2.40 bits per heavy atom. The van der Waals surface area contributed by atoms with Crippen molar-refractivity contribution >= 4 is 17.7 Å². The molecule has 0 fully saturated rings. The van der Waals surface area contributed by atoms with E-state index >= 15 is 0 Å². The van der Waals surface area contributed by atoms with E-state index in [1.807, 2.05) is 6.26 Å². The molecule has 0 radical (unpaired) electrons. The van der Waals surface area contributed by atoms with Crippen LogP contribution >= 0.6 is 11.8 Å². The van der Waals surface area contributed by atoms with Gasteiger partial charge in [0, 0.05) is 6.04 Å². The summed E-state index contributed by atoms with van der Waals surface area (Å²) in [5.41, 5.74) is 0. The second kappa shape index (κ2) is 5.56. The molecular formula is C6H13NO2S. The lowest BCUT2D eigenvalue weighted by Gasteiger charge is -2.08. The molecule has 0 unspecified atom stereocenters. The van der Waals surface area contributed by atoms with Crippen LogP contribution in [0.1, 0.15) is 6.92 Å². The minimum Gasteiger partial charge on any atom is -0.394 e. The van der Waals surface area contributed by atoms with E-state index in [0.717, 1.165) is 0 Å². The second-order valence-electron chi connectivity index (χ2n) is 2.08. The van der Waals surface area contributed by atoms with Crippen LogP contribution < -0.4 is 5.32 Å². The summed E-state index contributed by atoms with van der Waals surface area (Å²) in [4.78, 5) is 10.8. The fraction of sp³-hybridized carbons (Fsp3) is 0.833. The lowest BCUT2D eigenvalue weighted by atomic mass is 10.4. The molecule has 0 aromatic rings. The Balaban J connectivity index is 3.37. The number of aliphatic hydroxyl groups is 1. The highest BCUT2D eigenvalue weighted by Crippen LogP contribution is 1.90. The van der Waals surface area contributed by atoms with Gasteiger partial charge >= 0.3 is 0 Å². The molecular weight excluding hydrogens is 150 g/mol. The molecule has 10 heavy (non-hydrogen) atoms. The largest absolute Gasteiger partial charge is 0.394 e. The highest BCUT2D eigenvalue weighted by atomic mass is 32.2. The first-order valence-electron chi connectivity index (χ1n) is 3.10. The van der Waals surface area contributed by atoms with Crippen LogP contribution in [0.4, 0.5) is 0 Å². The number of amides is 1. The van der Waals surface area contributed by atoms with Crippen molar-refractivity contribution in [2.45, 2.75) is 13.0 Å². The summed E-state index contributed by atoms with van der Waals surface area (Å²) in [6.45, 7) is 1.76. The van der Waals surface area contributed by atoms with Crippen molar-refractivity contribution in [3.63, 3.8) is 0 Å². The summed E-state index contributed by atoms with van der Waals surface area (Å²) in [6, 6.07) is -0.125. The Kier molecular flexibility index (Phi) is 5.43. The molecule has 1 atom stereocenters. The zero-order chi connectivity index (χ0) is 7.98. The molecule has 0 heterocycles. The number of hydrogen-bond acceptors (Lipinski definition) is 3. The molecule has 0 bridgehead atoms. The molecule has 0 aliphatic carbocycles. The standard InChI is InChI=1S/C6H13NO2S/c1-5(3-8)7-6(9)4-10-2/h5,8H,3-4H2,1-2H3,(H,7,9)/t5-/m1/s1. The van der Waals surface area contributed by atoms with Crippen LogP contribution in [0, 0.1) is 0 Å². The number of nitrogens with one attached hydrogen (secondary N) is 1. The Bertz CT molecular complexity index is 108. The monoisotopic (exact) mass is 163 g/mol. The first-order chi connectivity index (χ1) is 4.70. The van der Waals surface area contributed by atoms with Crippen LogP contribution in [-0.2, 0) is 4.79 Å². The van der Waals surface area contributed by atoms with E-state index in [1.165, 1.54) is 11.8 Å². The van der Waals surface area contributed by atoms with E-state index < -0.39 is 0 Å². The van der Waals surface area contributed by atoms with Gasteiger partial charge in [0.2, 0.25) is 5.91 Å². The zero-order valence-corrected chi connectivity index (χ0v) is 7.07. The molecule has 0 aromatic heterocycles. The van der Waals surface area contributed by atoms with Crippen LogP contribution in [0.5, 0.6) is 0 Å². The molecule has 0 saturated heterocycles. The third-order valence-corrected chi connectivity index (χ3v) is 1.51. The van der Waals surface area contributed by atoms with E-state index in [4.69, 9.17) is 5.11 Å². The maximum absolute atomic E-state index is 10.8. The lowest BCUT2D eigenvalue weighted by molar-refractivity contribution is -0.119. The molecule has 0 spiro atoms. The van der Waals surface area contributed by atoms with Crippen molar-refractivity contribution in [1.29, 1.82) is 0 Å². The summed E-state index contributed by atoms with van der Waals surface area (Å²) in [5, 5.41) is 11.2. The van der Waals surface area contributed by atoms with E-state index in [1.54, 1.807) is 6.92 Å². The predicted octanol–water partition coefficient (Wildman–Crippen LogP) is -0.154. The Morgan fingerprint density at radius 1 is 1.80 bits per heavy atom. The first-order valence-corrected chi connectivity index (χ1v) is 4.49. The molecule has 0 aliphatic heterocycles. The van der Waals surface area contributed by atoms with Gasteiger partial charge in [-0.3, -0.25) is 4.79 Å². The maximum atomic E-state index is 10.8. The highest BCUT2D eigenvalue weighted by molar-refractivity contribution is 7.99. The van der Waals surface area contributed by atoms with Gasteiger partial charge in [-0.15, -0.1) is 0 Å². The number of hydrogen-bond donors (Lipinski definition) is 2. The van der Waals surface area contributed by atoms with Crippen molar-refractivity contribution in [3.05, 3.63) is 0 Å². The summed E-state index contributed by atoms with van der Waals surface area (Å²) < 4.78 is 0. The highest BCUT2D eigenvalue weighted by Gasteiger charge is 2.03. The van der Waals surface area contributed by atoms with Gasteiger partial charge in [0.15, 0.2) is 0 Å². The minimum atomic E-state index is -0.125. The zero-order valence-electron chi connectivity index (χ0n) is 6.26. The summed E-state index contributed by atoms with van der Waals surface area (Å²) in [5.74, 6) is 0.443. The fourth-order valence-electron chi connectivity index (χ4n) is 0.493. The van der Waals surface area contributed by atoms with E-state index in [-0.39, 0.29) is 18.6 Å². The summed E-state index contributed by atoms with van der Waals surface area (Å²) in [7, 11) is 0. The number of rotatable bonds is 4. The number of aliphatic hydroxyl groups excluding tert-OH is 1. The van der Waals surface area contributed by atoms with Crippen LogP contribution in [0.2, 0.25) is 0 Å². The van der Waals surface area contributed by atoms with E-state index in [0.29, 0.717) is 5.75 Å². The molecule has 60 valence electrons. The van der Waals surface area contributed by atoms with E-state index in [9.17, 15) is 4.79 Å². The predicted molar refractivity (Wildman–Crippen MR) is 43.1 cm³/mol. The molecule has 4 heteroatoms. The van der Waals surface area contributed by atoms with Gasteiger partial charge in [-0.2, -0.15) is 11.8 Å². The van der Waals surface area contributed by atoms with Gasteiger partial charge < -0.3 is 10.4 Å². The third kappa shape index (κ3) is 4.64. The van der Waals surface area contributed by atoms with Gasteiger partial charge in [0.05, 0.1) is 12.4 Å². The van der Waals surface area contributed by atoms with Gasteiger partial charge in [0.1, 0.15) is 0 Å². The Morgan fingerprint density at radius 3 is 2.80 bits per heavy atom. The van der Waals surface area contributed by atoms with Gasteiger partial charge in [-0.05, 0) is 13.2 Å². The van der Waals surface area contributed by atoms with Crippen LogP contribution in [0.25, 0.3) is 0 Å². The van der Waals surface area contributed by atoms with Gasteiger partial charge in [-0.25, -0.2) is 0 Å². The van der Waals surface area contributed by atoms with Gasteiger partial charge in [-0.1, -0.05) is 0 Å². The quantitative estimate of drug-likeness (QED) is 0.606. The minimum absolute atomic E-state index is 0.000120. The van der Waals surface area contributed by atoms with Crippen LogP contribution in [-0.4, -0.2) is 35.7 Å². The SMILES string of the molecule is CSCC(=O)N[C@H](C)CO. The molecule has 3 nitrogen and oxygen atoms in total. The maximum Gasteiger partial charge on any atom is 0.230 e. The van der Waals surface area contributed by atoms with Crippen molar-refractivity contribution in [2.75, 3.05) is 18.6 Å². The van der Waals surface area contributed by atoms with Crippen molar-refractivity contribution in [2.24, 2.45) is 0 Å². The lowest BCUT2D eigenvalue weighted by Crippen LogP contribution is -2.36. The number of carbonyl (C=O) groups excluding carboxylic acids is 1. The average molecular weight is 163 g/mol. The topological polar surface area (TPSA) is 49.3 Å². The first kappa shape index (κ1) is 9.78. The molecule has 2 N–H and O–H groups in total. The van der Waals surface area contributed by atoms with Gasteiger partial charge in [0.25, 0.3) is 0 Å². The number of thioether (sulfide) groups is 1. The molecule has 1 amide bonds. The summed E-state index contributed by atoms with van der Waals surface area (Å²) >= 11 is 1.47. The average Bonchev–Trinajstić information content (AvgIpc) is 1.88. The van der Waals surface area contributed by atoms with Crippen molar-refractivity contribution < 1.29 is 9.90 Å². The van der Waals surface area contributed by atoms with E-state index in [2.05, 4.69) is 5.32 Å². The molecule has 0 aliphatic rings. The van der Waals surface area contributed by atoms with Crippen molar-refractivity contribution in [3.8, 4) is 0 Å². The normalized spacial score (nSPS) is 12.7. The Hall–Kier alpha value is -0.220. The van der Waals surface area contributed by atoms with Crippen LogP contribution in [0.15, 0.2) is 0 Å². The molecule has 0 rings (SSSR count). The fourth-order valence-corrected chi connectivity index (χ4v) is 0.839. The number of carbonyl (C=O) groups is 1. The van der Waals surface area contributed by atoms with Crippen molar-refractivity contribution in [1.82, 2.24) is 5.32 Å². The third-order valence-electron chi connectivity index (χ3n) is 0.957. The van der Waals surface area contributed by atoms with Crippen LogP contribution in [0.3, 0.4) is 0 Å². The smallest absolute Gasteiger partial charge is 0.230 e. The summed E-state index contributed by atoms with van der Waals surface area (Å²) in [6.07, 6.45) is 1.86.